The SMILES string of the molecule is COC(=O)c1c[nH]c(-c2cc(Oc3cc(C(=O)Cc4cc(C)ccc4F)ccc3F)ccn2)c1. The minimum absolute atomic E-state index is 0.158. The van der Waals surface area contributed by atoms with Gasteiger partial charge in [0.1, 0.15) is 11.6 Å². The average molecular weight is 462 g/mol. The number of halogens is 2. The number of aromatic amines is 1. The van der Waals surface area contributed by atoms with Crippen LogP contribution in [0.15, 0.2) is 67.0 Å². The van der Waals surface area contributed by atoms with E-state index in [-0.39, 0.29) is 34.8 Å². The van der Waals surface area contributed by atoms with E-state index in [4.69, 9.17) is 4.74 Å². The van der Waals surface area contributed by atoms with E-state index in [2.05, 4.69) is 14.7 Å². The molecular formula is C26H20F2N2O4. The van der Waals surface area contributed by atoms with Crippen molar-refractivity contribution in [1.29, 1.82) is 0 Å². The Hall–Kier alpha value is -4.33. The first-order valence-corrected chi connectivity index (χ1v) is 10.3. The Labute approximate surface area is 194 Å². The van der Waals surface area contributed by atoms with E-state index in [1.807, 2.05) is 6.92 Å². The second-order valence-corrected chi connectivity index (χ2v) is 7.61. The second kappa shape index (κ2) is 9.66. The van der Waals surface area contributed by atoms with Gasteiger partial charge in [0.15, 0.2) is 17.3 Å². The molecule has 4 aromatic rings. The van der Waals surface area contributed by atoms with Crippen molar-refractivity contribution in [3.05, 3.63) is 101 Å². The van der Waals surface area contributed by atoms with Gasteiger partial charge in [0.05, 0.1) is 24.1 Å². The smallest absolute Gasteiger partial charge is 0.339 e. The highest BCUT2D eigenvalue weighted by molar-refractivity contribution is 5.98. The van der Waals surface area contributed by atoms with Gasteiger partial charge in [-0.05, 0) is 48.9 Å². The fourth-order valence-electron chi connectivity index (χ4n) is 3.40. The molecule has 0 saturated heterocycles. The predicted octanol–water partition coefficient (Wildman–Crippen LogP) is 5.67. The van der Waals surface area contributed by atoms with Gasteiger partial charge in [-0.15, -0.1) is 0 Å². The number of nitrogens with zero attached hydrogens (tertiary/aromatic N) is 1. The minimum Gasteiger partial charge on any atom is -0.465 e. The molecule has 2 heterocycles. The number of aromatic nitrogens is 2. The number of benzene rings is 2. The first-order chi connectivity index (χ1) is 16.3. The molecule has 0 spiro atoms. The first-order valence-electron chi connectivity index (χ1n) is 10.3. The van der Waals surface area contributed by atoms with E-state index < -0.39 is 17.6 Å². The highest BCUT2D eigenvalue weighted by Crippen LogP contribution is 2.29. The molecule has 172 valence electrons. The van der Waals surface area contributed by atoms with Crippen LogP contribution < -0.4 is 4.74 Å². The molecule has 0 bridgehead atoms. The van der Waals surface area contributed by atoms with Crippen molar-refractivity contribution in [2.75, 3.05) is 7.11 Å². The molecule has 2 aromatic heterocycles. The van der Waals surface area contributed by atoms with Gasteiger partial charge in [-0.1, -0.05) is 17.7 Å². The first kappa shape index (κ1) is 22.8. The molecule has 34 heavy (non-hydrogen) atoms. The molecule has 0 saturated carbocycles. The highest BCUT2D eigenvalue weighted by Gasteiger charge is 2.15. The van der Waals surface area contributed by atoms with Gasteiger partial charge in [-0.3, -0.25) is 9.78 Å². The maximum Gasteiger partial charge on any atom is 0.339 e. The van der Waals surface area contributed by atoms with Crippen LogP contribution in [0.25, 0.3) is 11.4 Å². The van der Waals surface area contributed by atoms with Crippen LogP contribution in [-0.2, 0) is 11.2 Å². The molecular weight excluding hydrogens is 442 g/mol. The summed E-state index contributed by atoms with van der Waals surface area (Å²) in [6.07, 6.45) is 2.80. The summed E-state index contributed by atoms with van der Waals surface area (Å²) >= 11 is 0. The van der Waals surface area contributed by atoms with Crippen molar-refractivity contribution in [3.63, 3.8) is 0 Å². The van der Waals surface area contributed by atoms with Crippen LogP contribution in [0.1, 0.15) is 31.8 Å². The van der Waals surface area contributed by atoms with E-state index in [9.17, 15) is 18.4 Å². The van der Waals surface area contributed by atoms with Crippen LogP contribution in [0, 0.1) is 18.6 Å². The molecule has 4 rings (SSSR count). The standard InChI is InChI=1S/C26H20F2N2O4/c1-15-3-5-20(27)17(9-15)11-24(31)16-4-6-21(28)25(12-16)34-19-7-8-29-23(13-19)22-10-18(14-30-22)26(32)33-2/h3-10,12-14,30H,11H2,1-2H3. The quantitative estimate of drug-likeness (QED) is 0.283. The summed E-state index contributed by atoms with van der Waals surface area (Å²) in [6.45, 7) is 1.81. The van der Waals surface area contributed by atoms with Gasteiger partial charge in [0.2, 0.25) is 0 Å². The van der Waals surface area contributed by atoms with Crippen LogP contribution in [-0.4, -0.2) is 28.8 Å². The highest BCUT2D eigenvalue weighted by atomic mass is 19.1. The number of carbonyl (C=O) groups excluding carboxylic acids is 2. The number of pyridine rings is 1. The van der Waals surface area contributed by atoms with Crippen LogP contribution in [0.3, 0.4) is 0 Å². The van der Waals surface area contributed by atoms with Gasteiger partial charge in [-0.2, -0.15) is 0 Å². The number of rotatable bonds is 7. The molecule has 0 radical (unpaired) electrons. The zero-order valence-electron chi connectivity index (χ0n) is 18.4. The number of methoxy groups -OCH3 is 1. The maximum absolute atomic E-state index is 14.4. The molecule has 1 N–H and O–H groups in total. The van der Waals surface area contributed by atoms with Gasteiger partial charge in [0, 0.05) is 30.4 Å². The lowest BCUT2D eigenvalue weighted by Crippen LogP contribution is -2.06. The summed E-state index contributed by atoms with van der Waals surface area (Å²) < 4.78 is 38.9. The van der Waals surface area contributed by atoms with Crippen molar-refractivity contribution >= 4 is 11.8 Å². The fraction of sp³-hybridized carbons (Fsp3) is 0.115. The Bertz CT molecular complexity index is 1380. The molecule has 0 fully saturated rings. The Morgan fingerprint density at radius 1 is 0.971 bits per heavy atom. The molecule has 0 unspecified atom stereocenters. The molecule has 8 heteroatoms. The Morgan fingerprint density at radius 3 is 2.56 bits per heavy atom. The van der Waals surface area contributed by atoms with Crippen LogP contribution in [0.4, 0.5) is 8.78 Å². The van der Waals surface area contributed by atoms with Crippen molar-refractivity contribution in [1.82, 2.24) is 9.97 Å². The Balaban J connectivity index is 1.55. The largest absolute Gasteiger partial charge is 0.465 e. The molecule has 0 amide bonds. The molecule has 0 aliphatic heterocycles. The number of carbonyl (C=O) groups is 2. The van der Waals surface area contributed by atoms with E-state index in [1.54, 1.807) is 24.3 Å². The zero-order chi connectivity index (χ0) is 24.2. The third-order valence-electron chi connectivity index (χ3n) is 5.14. The van der Waals surface area contributed by atoms with E-state index >= 15 is 0 Å². The summed E-state index contributed by atoms with van der Waals surface area (Å²) in [4.78, 5) is 31.5. The summed E-state index contributed by atoms with van der Waals surface area (Å²) in [6, 6.07) is 13.0. The summed E-state index contributed by atoms with van der Waals surface area (Å²) in [5.41, 5.74) is 2.62. The van der Waals surface area contributed by atoms with Crippen LogP contribution in [0.2, 0.25) is 0 Å². The lowest BCUT2D eigenvalue weighted by atomic mass is 10.0. The van der Waals surface area contributed by atoms with Gasteiger partial charge < -0.3 is 14.5 Å². The van der Waals surface area contributed by atoms with E-state index in [1.165, 1.54) is 43.8 Å². The van der Waals surface area contributed by atoms with Crippen LogP contribution in [0.5, 0.6) is 11.5 Å². The third-order valence-corrected chi connectivity index (χ3v) is 5.14. The third kappa shape index (κ3) is 5.01. The van der Waals surface area contributed by atoms with Gasteiger partial charge in [0.25, 0.3) is 0 Å². The summed E-state index contributed by atoms with van der Waals surface area (Å²) in [5, 5.41) is 0. The van der Waals surface area contributed by atoms with E-state index in [0.29, 0.717) is 17.0 Å². The van der Waals surface area contributed by atoms with Gasteiger partial charge in [-0.25, -0.2) is 13.6 Å². The predicted molar refractivity (Wildman–Crippen MR) is 121 cm³/mol. The number of H-pyrrole nitrogens is 1. The normalized spacial score (nSPS) is 10.7. The number of ether oxygens (including phenoxy) is 2. The van der Waals surface area contributed by atoms with Gasteiger partial charge >= 0.3 is 5.97 Å². The molecule has 6 nitrogen and oxygen atoms in total. The fourth-order valence-corrected chi connectivity index (χ4v) is 3.40. The topological polar surface area (TPSA) is 81.3 Å². The summed E-state index contributed by atoms with van der Waals surface area (Å²) in [7, 11) is 1.28. The lowest BCUT2D eigenvalue weighted by molar-refractivity contribution is 0.0601. The number of Topliss-reactive ketones (excluding diaryl/α,β-unsaturated/α-hetero) is 1. The van der Waals surface area contributed by atoms with Crippen molar-refractivity contribution < 1.29 is 27.8 Å². The number of aryl methyl sites for hydroxylation is 1. The van der Waals surface area contributed by atoms with Crippen molar-refractivity contribution in [3.8, 4) is 22.9 Å². The maximum atomic E-state index is 14.4. The molecule has 0 aliphatic carbocycles. The monoisotopic (exact) mass is 462 g/mol. The second-order valence-electron chi connectivity index (χ2n) is 7.61. The minimum atomic E-state index is -0.663. The average Bonchev–Trinajstić information content (AvgIpc) is 3.33. The number of hydrogen-bond acceptors (Lipinski definition) is 5. The lowest BCUT2D eigenvalue weighted by Gasteiger charge is -2.10. The Morgan fingerprint density at radius 2 is 1.76 bits per heavy atom. The molecule has 2 aromatic carbocycles. The molecule has 0 atom stereocenters. The van der Waals surface area contributed by atoms with E-state index in [0.717, 1.165) is 11.6 Å². The molecule has 0 aliphatic rings. The van der Waals surface area contributed by atoms with Crippen molar-refractivity contribution in [2.45, 2.75) is 13.3 Å². The number of hydrogen-bond donors (Lipinski definition) is 1. The Kier molecular flexibility index (Phi) is 6.49. The number of ketones is 1. The van der Waals surface area contributed by atoms with Crippen molar-refractivity contribution in [2.24, 2.45) is 0 Å². The zero-order valence-corrected chi connectivity index (χ0v) is 18.4. The summed E-state index contributed by atoms with van der Waals surface area (Å²) in [5.74, 6) is -1.89. The number of nitrogens with one attached hydrogen (secondary N) is 1. The van der Waals surface area contributed by atoms with Crippen LogP contribution >= 0.6 is 0 Å². The number of esters is 1.